The van der Waals surface area contributed by atoms with Crippen LogP contribution >= 0.6 is 0 Å². The van der Waals surface area contributed by atoms with Crippen molar-refractivity contribution in [3.05, 3.63) is 69.9 Å². The third kappa shape index (κ3) is 3.19. The molecule has 0 fully saturated rings. The minimum absolute atomic E-state index is 0.0271. The van der Waals surface area contributed by atoms with Crippen LogP contribution in [0, 0.1) is 11.6 Å². The Kier molecular flexibility index (Phi) is 4.15. The van der Waals surface area contributed by atoms with Gasteiger partial charge in [0.2, 0.25) is 5.56 Å². The Morgan fingerprint density at radius 1 is 1.17 bits per heavy atom. The number of H-pyrrole nitrogens is 1. The van der Waals surface area contributed by atoms with Crippen molar-refractivity contribution in [1.82, 2.24) is 20.4 Å². The van der Waals surface area contributed by atoms with E-state index in [-0.39, 0.29) is 24.0 Å². The van der Waals surface area contributed by atoms with E-state index in [9.17, 15) is 18.4 Å². The minimum atomic E-state index is -0.837. The number of carbonyl (C=O) groups is 1. The zero-order valence-electron chi connectivity index (χ0n) is 12.0. The van der Waals surface area contributed by atoms with Crippen molar-refractivity contribution < 1.29 is 18.1 Å². The number of nitrogens with one attached hydrogen (secondary N) is 2. The highest BCUT2D eigenvalue weighted by molar-refractivity contribution is 5.92. The summed E-state index contributed by atoms with van der Waals surface area (Å²) in [5, 5.41) is 6.01. The monoisotopic (exact) mass is 332 g/mol. The molecule has 1 amide bonds. The lowest BCUT2D eigenvalue weighted by Crippen LogP contribution is -2.26. The molecule has 0 saturated heterocycles. The minimum Gasteiger partial charge on any atom is -0.343 e. The average molecular weight is 332 g/mol. The normalized spacial score (nSPS) is 10.6. The number of rotatable bonds is 4. The molecule has 1 aromatic carbocycles. The van der Waals surface area contributed by atoms with Crippen LogP contribution in [-0.2, 0) is 6.54 Å². The van der Waals surface area contributed by atoms with Gasteiger partial charge in [-0.2, -0.15) is 4.98 Å². The molecular weight excluding hydrogens is 322 g/mol. The Morgan fingerprint density at radius 2 is 1.88 bits per heavy atom. The van der Waals surface area contributed by atoms with Gasteiger partial charge in [-0.3, -0.25) is 9.59 Å². The SMILES string of the molecule is O=C(NCc1noc(-c2c(F)cccc2F)n1)c1cccc(=O)[nH]1. The molecule has 2 N–H and O–H groups in total. The molecule has 122 valence electrons. The summed E-state index contributed by atoms with van der Waals surface area (Å²) in [7, 11) is 0. The molecule has 3 aromatic rings. The van der Waals surface area contributed by atoms with Gasteiger partial charge >= 0.3 is 0 Å². The first-order valence-corrected chi connectivity index (χ1v) is 6.79. The summed E-state index contributed by atoms with van der Waals surface area (Å²) in [5.41, 5.74) is -0.791. The molecule has 3 rings (SSSR count). The lowest BCUT2D eigenvalue weighted by Gasteiger charge is -2.01. The van der Waals surface area contributed by atoms with Gasteiger partial charge in [0.25, 0.3) is 11.8 Å². The number of halogens is 2. The molecule has 2 heterocycles. The fourth-order valence-electron chi connectivity index (χ4n) is 1.96. The number of hydrogen-bond acceptors (Lipinski definition) is 5. The molecule has 0 atom stereocenters. The van der Waals surface area contributed by atoms with E-state index in [0.29, 0.717) is 0 Å². The Balaban J connectivity index is 1.73. The van der Waals surface area contributed by atoms with Gasteiger partial charge < -0.3 is 14.8 Å². The number of aromatic amines is 1. The topological polar surface area (TPSA) is 101 Å². The van der Waals surface area contributed by atoms with Gasteiger partial charge in [0.05, 0.1) is 6.54 Å². The van der Waals surface area contributed by atoms with Gasteiger partial charge in [-0.05, 0) is 18.2 Å². The van der Waals surface area contributed by atoms with E-state index in [1.165, 1.54) is 24.3 Å². The largest absolute Gasteiger partial charge is 0.343 e. The Morgan fingerprint density at radius 3 is 2.58 bits per heavy atom. The van der Waals surface area contributed by atoms with E-state index in [0.717, 1.165) is 12.1 Å². The Bertz CT molecular complexity index is 931. The van der Waals surface area contributed by atoms with Crippen molar-refractivity contribution in [1.29, 1.82) is 0 Å². The molecule has 0 unspecified atom stereocenters. The molecule has 9 heteroatoms. The number of pyridine rings is 1. The predicted molar refractivity (Wildman–Crippen MR) is 77.9 cm³/mol. The zero-order valence-corrected chi connectivity index (χ0v) is 12.0. The first-order valence-electron chi connectivity index (χ1n) is 6.79. The van der Waals surface area contributed by atoms with E-state index in [2.05, 4.69) is 20.4 Å². The molecule has 0 aliphatic rings. The Labute approximate surface area is 133 Å². The van der Waals surface area contributed by atoms with Gasteiger partial charge in [0.15, 0.2) is 5.82 Å². The number of carbonyl (C=O) groups excluding carboxylic acids is 1. The number of hydrogen-bond donors (Lipinski definition) is 2. The molecule has 0 spiro atoms. The standard InChI is InChI=1S/C15H10F2N4O3/c16-8-3-1-4-9(17)13(8)15-20-11(21-24-15)7-18-14(23)10-5-2-6-12(22)19-10/h1-6H,7H2,(H,18,23)(H,19,22). The second kappa shape index (κ2) is 6.41. The van der Waals surface area contributed by atoms with Crippen LogP contribution in [0.3, 0.4) is 0 Å². The second-order valence-electron chi connectivity index (χ2n) is 4.72. The van der Waals surface area contributed by atoms with E-state index >= 15 is 0 Å². The zero-order chi connectivity index (χ0) is 17.1. The molecule has 24 heavy (non-hydrogen) atoms. The summed E-state index contributed by atoms with van der Waals surface area (Å²) in [6.07, 6.45) is 0. The lowest BCUT2D eigenvalue weighted by atomic mass is 10.2. The van der Waals surface area contributed by atoms with Gasteiger partial charge in [0, 0.05) is 6.07 Å². The summed E-state index contributed by atoms with van der Waals surface area (Å²) in [6, 6.07) is 7.47. The van der Waals surface area contributed by atoms with Crippen molar-refractivity contribution in [2.45, 2.75) is 6.54 Å². The molecule has 7 nitrogen and oxygen atoms in total. The number of amides is 1. The highest BCUT2D eigenvalue weighted by Gasteiger charge is 2.18. The summed E-state index contributed by atoms with van der Waals surface area (Å²) < 4.78 is 32.1. The Hall–Kier alpha value is -3.36. The van der Waals surface area contributed by atoms with Crippen LogP contribution in [0.4, 0.5) is 8.78 Å². The first kappa shape index (κ1) is 15.5. The summed E-state index contributed by atoms with van der Waals surface area (Å²) in [4.78, 5) is 29.2. The highest BCUT2D eigenvalue weighted by Crippen LogP contribution is 2.24. The maximum atomic E-state index is 13.6. The molecule has 0 saturated carbocycles. The van der Waals surface area contributed by atoms with Crippen LogP contribution in [-0.4, -0.2) is 21.0 Å². The number of nitrogens with zero attached hydrogens (tertiary/aromatic N) is 2. The summed E-state index contributed by atoms with van der Waals surface area (Å²) in [6.45, 7) is -0.144. The summed E-state index contributed by atoms with van der Waals surface area (Å²) in [5.74, 6) is -2.54. The molecule has 0 bridgehead atoms. The van der Waals surface area contributed by atoms with Crippen LogP contribution in [0.15, 0.2) is 45.7 Å². The molecule has 2 aromatic heterocycles. The van der Waals surface area contributed by atoms with Gasteiger partial charge in [0.1, 0.15) is 22.9 Å². The third-order valence-corrected chi connectivity index (χ3v) is 3.06. The third-order valence-electron chi connectivity index (χ3n) is 3.06. The molecule has 0 aliphatic carbocycles. The molecular formula is C15H10F2N4O3. The smallest absolute Gasteiger partial charge is 0.268 e. The van der Waals surface area contributed by atoms with Gasteiger partial charge in [-0.1, -0.05) is 17.3 Å². The second-order valence-corrected chi connectivity index (χ2v) is 4.72. The summed E-state index contributed by atoms with van der Waals surface area (Å²) >= 11 is 0. The van der Waals surface area contributed by atoms with E-state index in [4.69, 9.17) is 4.52 Å². The van der Waals surface area contributed by atoms with Crippen molar-refractivity contribution >= 4 is 5.91 Å². The first-order chi connectivity index (χ1) is 11.5. The number of aromatic nitrogens is 3. The van der Waals surface area contributed by atoms with Gasteiger partial charge in [-0.15, -0.1) is 0 Å². The molecule has 0 radical (unpaired) electrons. The predicted octanol–water partition coefficient (Wildman–Crippen LogP) is 1.63. The van der Waals surface area contributed by atoms with Crippen LogP contribution in [0.25, 0.3) is 11.5 Å². The van der Waals surface area contributed by atoms with Gasteiger partial charge in [-0.25, -0.2) is 8.78 Å². The maximum absolute atomic E-state index is 13.6. The molecule has 0 aliphatic heterocycles. The van der Waals surface area contributed by atoms with E-state index < -0.39 is 28.7 Å². The fourth-order valence-corrected chi connectivity index (χ4v) is 1.96. The van der Waals surface area contributed by atoms with E-state index in [1.807, 2.05) is 0 Å². The van der Waals surface area contributed by atoms with Crippen LogP contribution in [0.2, 0.25) is 0 Å². The van der Waals surface area contributed by atoms with Crippen molar-refractivity contribution in [2.75, 3.05) is 0 Å². The van der Waals surface area contributed by atoms with Crippen molar-refractivity contribution in [3.63, 3.8) is 0 Å². The quantitative estimate of drug-likeness (QED) is 0.756. The van der Waals surface area contributed by atoms with E-state index in [1.54, 1.807) is 0 Å². The lowest BCUT2D eigenvalue weighted by molar-refractivity contribution is 0.0944. The highest BCUT2D eigenvalue weighted by atomic mass is 19.1. The number of benzene rings is 1. The fraction of sp³-hybridized carbons (Fsp3) is 0.0667. The average Bonchev–Trinajstić information content (AvgIpc) is 3.01. The van der Waals surface area contributed by atoms with Crippen LogP contribution < -0.4 is 10.9 Å². The maximum Gasteiger partial charge on any atom is 0.268 e. The van der Waals surface area contributed by atoms with Crippen molar-refractivity contribution in [2.24, 2.45) is 0 Å². The van der Waals surface area contributed by atoms with Crippen LogP contribution in [0.5, 0.6) is 0 Å². The van der Waals surface area contributed by atoms with Crippen LogP contribution in [0.1, 0.15) is 16.3 Å². The van der Waals surface area contributed by atoms with Crippen molar-refractivity contribution in [3.8, 4) is 11.5 Å².